The molecule has 1 aromatic rings. The highest BCUT2D eigenvalue weighted by atomic mass is 16.4. The van der Waals surface area contributed by atoms with Crippen molar-refractivity contribution in [3.63, 3.8) is 0 Å². The molecule has 2 aliphatic heterocycles. The van der Waals surface area contributed by atoms with Gasteiger partial charge in [0.05, 0.1) is 5.92 Å². The lowest BCUT2D eigenvalue weighted by Gasteiger charge is -2.18. The van der Waals surface area contributed by atoms with E-state index in [1.165, 1.54) is 5.56 Å². The van der Waals surface area contributed by atoms with Crippen molar-refractivity contribution >= 4 is 17.6 Å². The first-order valence-corrected chi connectivity index (χ1v) is 6.98. The zero-order valence-corrected chi connectivity index (χ0v) is 11.2. The van der Waals surface area contributed by atoms with E-state index >= 15 is 0 Å². The highest BCUT2D eigenvalue weighted by Crippen LogP contribution is 2.34. The zero-order chi connectivity index (χ0) is 14.1. The molecule has 2 atom stereocenters. The molecule has 0 bridgehead atoms. The molecule has 0 aromatic heterocycles. The zero-order valence-electron chi connectivity index (χ0n) is 11.2. The number of carbonyl (C=O) groups excluding carboxylic acids is 1. The molecule has 2 aliphatic rings. The summed E-state index contributed by atoms with van der Waals surface area (Å²) in [6.07, 6.45) is 1.02. The van der Waals surface area contributed by atoms with Crippen molar-refractivity contribution in [1.82, 2.24) is 4.90 Å². The van der Waals surface area contributed by atoms with Gasteiger partial charge in [-0.2, -0.15) is 0 Å². The number of para-hydroxylation sites is 1. The molecule has 3 rings (SSSR count). The van der Waals surface area contributed by atoms with Gasteiger partial charge in [0.25, 0.3) is 0 Å². The van der Waals surface area contributed by atoms with Crippen LogP contribution >= 0.6 is 0 Å². The Morgan fingerprint density at radius 2 is 2.15 bits per heavy atom. The number of hydrogen-bond acceptors (Lipinski definition) is 3. The Kier molecular flexibility index (Phi) is 3.34. The first kappa shape index (κ1) is 13.0. The summed E-state index contributed by atoms with van der Waals surface area (Å²) in [4.78, 5) is 24.9. The molecule has 1 saturated heterocycles. The van der Waals surface area contributed by atoms with Gasteiger partial charge in [-0.05, 0) is 18.1 Å². The predicted molar refractivity (Wildman–Crippen MR) is 74.6 cm³/mol. The summed E-state index contributed by atoms with van der Waals surface area (Å²) in [6, 6.07) is 8.04. The maximum Gasteiger partial charge on any atom is 0.308 e. The van der Waals surface area contributed by atoms with Crippen molar-refractivity contribution < 1.29 is 14.7 Å². The topological polar surface area (TPSA) is 69.6 Å². The molecule has 20 heavy (non-hydrogen) atoms. The average molecular weight is 274 g/mol. The number of hydrogen-bond donors (Lipinski definition) is 2. The summed E-state index contributed by atoms with van der Waals surface area (Å²) in [5, 5.41) is 12.3. The normalized spacial score (nSPS) is 24.3. The van der Waals surface area contributed by atoms with Crippen molar-refractivity contribution in [2.24, 2.45) is 5.92 Å². The summed E-state index contributed by atoms with van der Waals surface area (Å²) in [6.45, 7) is 1.70. The van der Waals surface area contributed by atoms with E-state index in [4.69, 9.17) is 5.11 Å². The van der Waals surface area contributed by atoms with Gasteiger partial charge in [-0.3, -0.25) is 9.59 Å². The van der Waals surface area contributed by atoms with Crippen LogP contribution < -0.4 is 5.32 Å². The molecular weight excluding hydrogens is 256 g/mol. The van der Waals surface area contributed by atoms with E-state index < -0.39 is 11.9 Å². The van der Waals surface area contributed by atoms with Crippen LogP contribution in [0.4, 0.5) is 5.69 Å². The molecule has 5 heteroatoms. The fraction of sp³-hybridized carbons (Fsp3) is 0.467. The Morgan fingerprint density at radius 3 is 2.90 bits per heavy atom. The Bertz CT molecular complexity index is 544. The van der Waals surface area contributed by atoms with E-state index in [1.807, 2.05) is 18.2 Å². The van der Waals surface area contributed by atoms with E-state index in [9.17, 15) is 9.59 Å². The number of benzene rings is 1. The number of carbonyl (C=O) groups is 2. The number of aliphatic carboxylic acids is 1. The Labute approximate surface area is 117 Å². The fourth-order valence-corrected chi connectivity index (χ4v) is 3.07. The van der Waals surface area contributed by atoms with Gasteiger partial charge in [0.1, 0.15) is 0 Å². The van der Waals surface area contributed by atoms with Crippen LogP contribution in [0.25, 0.3) is 0 Å². The van der Waals surface area contributed by atoms with Crippen LogP contribution in [0.2, 0.25) is 0 Å². The molecule has 0 aliphatic carbocycles. The SMILES string of the molecule is O=C(O)C1CCN(C(=O)CC2CNc3ccccc32)C1. The van der Waals surface area contributed by atoms with Crippen LogP contribution in [-0.4, -0.2) is 41.5 Å². The summed E-state index contributed by atoms with van der Waals surface area (Å²) in [5.41, 5.74) is 2.30. The van der Waals surface area contributed by atoms with E-state index in [0.717, 1.165) is 12.2 Å². The van der Waals surface area contributed by atoms with Gasteiger partial charge in [-0.25, -0.2) is 0 Å². The van der Waals surface area contributed by atoms with Crippen LogP contribution in [0, 0.1) is 5.92 Å². The van der Waals surface area contributed by atoms with Gasteiger partial charge >= 0.3 is 5.97 Å². The second kappa shape index (κ2) is 5.15. The van der Waals surface area contributed by atoms with Gasteiger partial charge in [0.2, 0.25) is 5.91 Å². The van der Waals surface area contributed by atoms with Crippen LogP contribution in [0.1, 0.15) is 24.3 Å². The Hall–Kier alpha value is -2.04. The minimum atomic E-state index is -0.798. The maximum absolute atomic E-state index is 12.3. The number of nitrogens with zero attached hydrogens (tertiary/aromatic N) is 1. The number of fused-ring (bicyclic) bond motifs is 1. The quantitative estimate of drug-likeness (QED) is 0.876. The lowest BCUT2D eigenvalue weighted by molar-refractivity contribution is -0.141. The second-order valence-electron chi connectivity index (χ2n) is 5.53. The molecule has 5 nitrogen and oxygen atoms in total. The number of amides is 1. The highest BCUT2D eigenvalue weighted by molar-refractivity contribution is 5.80. The second-order valence-corrected chi connectivity index (χ2v) is 5.53. The van der Waals surface area contributed by atoms with Crippen molar-refractivity contribution in [1.29, 1.82) is 0 Å². The Morgan fingerprint density at radius 1 is 1.35 bits per heavy atom. The summed E-state index contributed by atoms with van der Waals surface area (Å²) < 4.78 is 0. The van der Waals surface area contributed by atoms with Crippen LogP contribution in [0.5, 0.6) is 0 Å². The lowest BCUT2D eigenvalue weighted by atomic mass is 9.97. The van der Waals surface area contributed by atoms with E-state index in [1.54, 1.807) is 4.90 Å². The standard InChI is InChI=1S/C15H18N2O3/c18-14(17-6-5-10(9-17)15(19)20)7-11-8-16-13-4-2-1-3-12(11)13/h1-4,10-11,16H,5-9H2,(H,19,20). The van der Waals surface area contributed by atoms with Crippen LogP contribution in [0.3, 0.4) is 0 Å². The first-order chi connectivity index (χ1) is 9.65. The molecule has 2 heterocycles. The molecular formula is C15H18N2O3. The van der Waals surface area contributed by atoms with Gasteiger partial charge in [0.15, 0.2) is 0 Å². The third-order valence-corrected chi connectivity index (χ3v) is 4.25. The molecule has 0 saturated carbocycles. The molecule has 2 unspecified atom stereocenters. The average Bonchev–Trinajstić information content (AvgIpc) is 3.06. The van der Waals surface area contributed by atoms with Crippen molar-refractivity contribution in [3.05, 3.63) is 29.8 Å². The summed E-state index contributed by atoms with van der Waals surface area (Å²) >= 11 is 0. The summed E-state index contributed by atoms with van der Waals surface area (Å²) in [7, 11) is 0. The molecule has 1 fully saturated rings. The van der Waals surface area contributed by atoms with Crippen LogP contribution in [-0.2, 0) is 9.59 Å². The van der Waals surface area contributed by atoms with Gasteiger partial charge in [0, 0.05) is 37.7 Å². The number of anilines is 1. The number of rotatable bonds is 3. The largest absolute Gasteiger partial charge is 0.481 e. The third-order valence-electron chi connectivity index (χ3n) is 4.25. The van der Waals surface area contributed by atoms with Crippen molar-refractivity contribution in [3.8, 4) is 0 Å². The lowest BCUT2D eigenvalue weighted by Crippen LogP contribution is -2.31. The molecule has 1 amide bonds. The number of likely N-dealkylation sites (tertiary alicyclic amines) is 1. The molecule has 0 spiro atoms. The predicted octanol–water partition coefficient (Wildman–Crippen LogP) is 1.52. The van der Waals surface area contributed by atoms with Gasteiger partial charge in [-0.1, -0.05) is 18.2 Å². The van der Waals surface area contributed by atoms with Gasteiger partial charge in [-0.15, -0.1) is 0 Å². The number of carboxylic acid groups (broad SMARTS) is 1. The third kappa shape index (κ3) is 2.35. The summed E-state index contributed by atoms with van der Waals surface area (Å²) in [5.74, 6) is -0.930. The van der Waals surface area contributed by atoms with Crippen molar-refractivity contribution in [2.75, 3.05) is 25.0 Å². The van der Waals surface area contributed by atoms with E-state index in [0.29, 0.717) is 25.9 Å². The molecule has 106 valence electrons. The highest BCUT2D eigenvalue weighted by Gasteiger charge is 2.33. The van der Waals surface area contributed by atoms with Crippen molar-refractivity contribution in [2.45, 2.75) is 18.8 Å². The fourth-order valence-electron chi connectivity index (χ4n) is 3.07. The van der Waals surface area contributed by atoms with E-state index in [-0.39, 0.29) is 11.8 Å². The van der Waals surface area contributed by atoms with Gasteiger partial charge < -0.3 is 15.3 Å². The van der Waals surface area contributed by atoms with E-state index in [2.05, 4.69) is 11.4 Å². The molecule has 0 radical (unpaired) electrons. The molecule has 2 N–H and O–H groups in total. The Balaban J connectivity index is 1.62. The molecule has 1 aromatic carbocycles. The maximum atomic E-state index is 12.3. The minimum Gasteiger partial charge on any atom is -0.481 e. The monoisotopic (exact) mass is 274 g/mol. The number of nitrogens with one attached hydrogen (secondary N) is 1. The smallest absolute Gasteiger partial charge is 0.308 e. The first-order valence-electron chi connectivity index (χ1n) is 6.98. The van der Waals surface area contributed by atoms with Crippen LogP contribution in [0.15, 0.2) is 24.3 Å². The minimum absolute atomic E-state index is 0.0669. The number of carboxylic acids is 1.